The van der Waals surface area contributed by atoms with Gasteiger partial charge in [0.25, 0.3) is 0 Å². The number of aromatic nitrogens is 3. The predicted octanol–water partition coefficient (Wildman–Crippen LogP) is 12.6. The van der Waals surface area contributed by atoms with Crippen LogP contribution in [0.1, 0.15) is 17.4 Å². The van der Waals surface area contributed by atoms with Crippen LogP contribution in [0.2, 0.25) is 0 Å². The lowest BCUT2D eigenvalue weighted by molar-refractivity contribution is 1.08. The van der Waals surface area contributed by atoms with Gasteiger partial charge in [0.2, 0.25) is 0 Å². The highest BCUT2D eigenvalue weighted by molar-refractivity contribution is 7.21. The molecule has 0 spiro atoms. The first-order valence-corrected chi connectivity index (χ1v) is 17.3. The van der Waals surface area contributed by atoms with Crippen LogP contribution in [0.4, 0.5) is 0 Å². The van der Waals surface area contributed by atoms with Crippen LogP contribution < -0.4 is 0 Å². The van der Waals surface area contributed by atoms with Gasteiger partial charge in [0.05, 0.1) is 22.4 Å². The molecule has 0 unspecified atom stereocenters. The van der Waals surface area contributed by atoms with E-state index in [-0.39, 0.29) is 0 Å². The van der Waals surface area contributed by atoms with Crippen molar-refractivity contribution in [3.05, 3.63) is 163 Å². The Bertz CT molecular complexity index is 2660. The average molecular weight is 646 g/mol. The first-order valence-electron chi connectivity index (χ1n) is 16.5. The second-order valence-corrected chi connectivity index (χ2v) is 13.2. The number of thiophene rings is 1. The van der Waals surface area contributed by atoms with Crippen molar-refractivity contribution in [3.8, 4) is 39.5 Å². The Balaban J connectivity index is 1.28. The van der Waals surface area contributed by atoms with E-state index < -0.39 is 0 Å². The summed E-state index contributed by atoms with van der Waals surface area (Å²) in [7, 11) is 0. The summed E-state index contributed by atoms with van der Waals surface area (Å²) in [6, 6.07) is 46.9. The quantitative estimate of drug-likeness (QED) is 0.180. The molecule has 0 saturated carbocycles. The van der Waals surface area contributed by atoms with Gasteiger partial charge in [-0.05, 0) is 54.3 Å². The molecule has 0 aliphatic rings. The van der Waals surface area contributed by atoms with Gasteiger partial charge in [-0.2, -0.15) is 0 Å². The fourth-order valence-corrected chi connectivity index (χ4v) is 8.50. The van der Waals surface area contributed by atoms with E-state index in [0.717, 1.165) is 45.0 Å². The number of hydrogen-bond acceptors (Lipinski definition) is 3. The first kappa shape index (κ1) is 29.1. The summed E-state index contributed by atoms with van der Waals surface area (Å²) in [6.45, 7) is 6.30. The summed E-state index contributed by atoms with van der Waals surface area (Å²) in [4.78, 5) is 11.5. The highest BCUT2D eigenvalue weighted by Crippen LogP contribution is 2.47. The van der Waals surface area contributed by atoms with Crippen LogP contribution in [0.3, 0.4) is 0 Å². The van der Waals surface area contributed by atoms with E-state index in [4.69, 9.17) is 9.97 Å². The Morgan fingerprint density at radius 1 is 0.633 bits per heavy atom. The van der Waals surface area contributed by atoms with E-state index in [0.29, 0.717) is 0 Å². The minimum absolute atomic E-state index is 0.884. The number of fused-ring (bicyclic) bond motifs is 8. The molecule has 4 heterocycles. The van der Waals surface area contributed by atoms with Crippen LogP contribution in [0.15, 0.2) is 152 Å². The lowest BCUT2D eigenvalue weighted by atomic mass is 9.98. The number of para-hydroxylation sites is 1. The standard InChI is InChI=1S/C45H31N3S/c1-3-15-40-33(4-2)42-34-20-11-12-21-35(34)44-43(45(42)49-40)36-22-13-14-23-39(36)48(44)41-25-24-31(28-46-41)32-26-37(29-16-7-5-8-17-29)47-38(27-32)30-18-9-6-10-19-30/h3-28H,2H2,1H3/b15-3-. The Labute approximate surface area is 288 Å². The van der Waals surface area contributed by atoms with Crippen molar-refractivity contribution < 1.29 is 0 Å². The lowest BCUT2D eigenvalue weighted by Crippen LogP contribution is -1.98. The molecule has 0 bridgehead atoms. The predicted molar refractivity (Wildman–Crippen MR) is 210 cm³/mol. The van der Waals surface area contributed by atoms with Crippen LogP contribution in [0.25, 0.3) is 94.3 Å². The van der Waals surface area contributed by atoms with Crippen molar-refractivity contribution in [2.45, 2.75) is 6.92 Å². The third-order valence-corrected chi connectivity index (χ3v) is 10.5. The van der Waals surface area contributed by atoms with Crippen molar-refractivity contribution in [2.24, 2.45) is 0 Å². The molecule has 0 amide bonds. The molecule has 9 rings (SSSR count). The molecular weight excluding hydrogens is 615 g/mol. The van der Waals surface area contributed by atoms with Gasteiger partial charge in [0, 0.05) is 59.6 Å². The molecule has 0 saturated heterocycles. The van der Waals surface area contributed by atoms with Crippen LogP contribution in [-0.2, 0) is 0 Å². The van der Waals surface area contributed by atoms with Gasteiger partial charge in [-0.15, -0.1) is 11.3 Å². The van der Waals surface area contributed by atoms with Crippen molar-refractivity contribution in [2.75, 3.05) is 0 Å². The number of hydrogen-bond donors (Lipinski definition) is 0. The van der Waals surface area contributed by atoms with Crippen LogP contribution >= 0.6 is 11.3 Å². The molecule has 3 nitrogen and oxygen atoms in total. The van der Waals surface area contributed by atoms with Gasteiger partial charge < -0.3 is 0 Å². The molecule has 49 heavy (non-hydrogen) atoms. The monoisotopic (exact) mass is 645 g/mol. The Kier molecular flexibility index (Phi) is 7.03. The number of pyridine rings is 2. The SMILES string of the molecule is C=Cc1c(/C=C\C)sc2c1c1ccccc1c1c2c2ccccc2n1-c1ccc(-c2cc(-c3ccccc3)nc(-c3ccccc3)c2)cn1. The molecular formula is C45H31N3S. The summed E-state index contributed by atoms with van der Waals surface area (Å²) in [5.74, 6) is 0.884. The Morgan fingerprint density at radius 2 is 1.27 bits per heavy atom. The normalized spacial score (nSPS) is 11.8. The molecule has 0 atom stereocenters. The molecule has 0 N–H and O–H groups in total. The van der Waals surface area contributed by atoms with E-state index in [2.05, 4.69) is 152 Å². The summed E-state index contributed by atoms with van der Waals surface area (Å²) >= 11 is 1.84. The molecule has 0 aliphatic carbocycles. The fourth-order valence-electron chi connectivity index (χ4n) is 7.15. The van der Waals surface area contributed by atoms with Gasteiger partial charge in [-0.25, -0.2) is 9.97 Å². The summed E-state index contributed by atoms with van der Waals surface area (Å²) in [6.07, 6.45) is 8.33. The highest BCUT2D eigenvalue weighted by atomic mass is 32.1. The molecule has 232 valence electrons. The minimum Gasteiger partial charge on any atom is -0.293 e. The number of allylic oxidation sites excluding steroid dienone is 1. The zero-order chi connectivity index (χ0) is 32.9. The summed E-state index contributed by atoms with van der Waals surface area (Å²) < 4.78 is 3.62. The zero-order valence-electron chi connectivity index (χ0n) is 27.0. The van der Waals surface area contributed by atoms with Crippen molar-refractivity contribution >= 4 is 66.2 Å². The lowest BCUT2D eigenvalue weighted by Gasteiger charge is -2.12. The number of benzene rings is 5. The largest absolute Gasteiger partial charge is 0.293 e. The molecule has 4 heteroatoms. The van der Waals surface area contributed by atoms with E-state index >= 15 is 0 Å². The second-order valence-electron chi connectivity index (χ2n) is 12.2. The average Bonchev–Trinajstić information content (AvgIpc) is 3.72. The fraction of sp³-hybridized carbons (Fsp3) is 0.0222. The second kappa shape index (κ2) is 11.9. The zero-order valence-corrected chi connectivity index (χ0v) is 27.8. The highest BCUT2D eigenvalue weighted by Gasteiger charge is 2.22. The van der Waals surface area contributed by atoms with Gasteiger partial charge >= 0.3 is 0 Å². The van der Waals surface area contributed by atoms with E-state index in [1.807, 2.05) is 35.7 Å². The third kappa shape index (κ3) is 4.72. The van der Waals surface area contributed by atoms with Crippen molar-refractivity contribution in [1.82, 2.24) is 14.5 Å². The maximum absolute atomic E-state index is 5.18. The molecule has 9 aromatic rings. The van der Waals surface area contributed by atoms with Gasteiger partial charge in [0.15, 0.2) is 0 Å². The van der Waals surface area contributed by atoms with E-state index in [9.17, 15) is 0 Å². The van der Waals surface area contributed by atoms with Crippen molar-refractivity contribution in [1.29, 1.82) is 0 Å². The molecule has 0 radical (unpaired) electrons. The Morgan fingerprint density at radius 3 is 1.90 bits per heavy atom. The number of rotatable bonds is 6. The Hall–Kier alpha value is -6.10. The maximum Gasteiger partial charge on any atom is 0.137 e. The number of nitrogens with zero attached hydrogens (tertiary/aromatic N) is 3. The van der Waals surface area contributed by atoms with E-state index in [1.165, 1.54) is 47.6 Å². The molecule has 0 fully saturated rings. The molecule has 0 aliphatic heterocycles. The topological polar surface area (TPSA) is 30.7 Å². The van der Waals surface area contributed by atoms with Crippen LogP contribution in [0, 0.1) is 0 Å². The minimum atomic E-state index is 0.884. The molecule has 4 aromatic heterocycles. The molecule has 5 aromatic carbocycles. The van der Waals surface area contributed by atoms with Crippen LogP contribution in [-0.4, -0.2) is 14.5 Å². The third-order valence-electron chi connectivity index (χ3n) is 9.32. The van der Waals surface area contributed by atoms with E-state index in [1.54, 1.807) is 0 Å². The van der Waals surface area contributed by atoms with Crippen molar-refractivity contribution in [3.63, 3.8) is 0 Å². The summed E-state index contributed by atoms with van der Waals surface area (Å²) in [5, 5.41) is 6.18. The maximum atomic E-state index is 5.18. The summed E-state index contributed by atoms with van der Waals surface area (Å²) in [5.41, 5.74) is 9.66. The van der Waals surface area contributed by atoms with Gasteiger partial charge in [-0.3, -0.25) is 4.57 Å². The van der Waals surface area contributed by atoms with Crippen LogP contribution in [0.5, 0.6) is 0 Å². The van der Waals surface area contributed by atoms with Gasteiger partial charge in [0.1, 0.15) is 5.82 Å². The first-order chi connectivity index (χ1) is 24.2. The van der Waals surface area contributed by atoms with Gasteiger partial charge in [-0.1, -0.05) is 122 Å². The smallest absolute Gasteiger partial charge is 0.137 e.